The summed E-state index contributed by atoms with van der Waals surface area (Å²) in [5.41, 5.74) is 5.28. The summed E-state index contributed by atoms with van der Waals surface area (Å²) in [6.45, 7) is 4.18. The Kier molecular flexibility index (Phi) is 8.48. The summed E-state index contributed by atoms with van der Waals surface area (Å²) >= 11 is 0. The maximum absolute atomic E-state index is 12.6. The first-order valence-electron chi connectivity index (χ1n) is 13.0. The highest BCUT2D eigenvalue weighted by molar-refractivity contribution is 5.95. The van der Waals surface area contributed by atoms with Gasteiger partial charge in [-0.1, -0.05) is 50.1 Å². The molecule has 0 bridgehead atoms. The Morgan fingerprint density at radius 1 is 1.11 bits per heavy atom. The van der Waals surface area contributed by atoms with E-state index < -0.39 is 0 Å². The third-order valence-electron chi connectivity index (χ3n) is 7.70. The highest BCUT2D eigenvalue weighted by atomic mass is 16.5. The lowest BCUT2D eigenvalue weighted by atomic mass is 9.86. The van der Waals surface area contributed by atoms with Crippen molar-refractivity contribution < 1.29 is 24.2 Å². The van der Waals surface area contributed by atoms with Gasteiger partial charge in [-0.25, -0.2) is 9.78 Å². The van der Waals surface area contributed by atoms with Gasteiger partial charge in [0.25, 0.3) is 6.47 Å². The van der Waals surface area contributed by atoms with Crippen molar-refractivity contribution in [3.8, 4) is 0 Å². The van der Waals surface area contributed by atoms with Crippen LogP contribution in [0, 0.1) is 5.92 Å². The van der Waals surface area contributed by atoms with Crippen molar-refractivity contribution in [2.24, 2.45) is 5.92 Å². The number of ether oxygens (including phenoxy) is 2. The predicted octanol–water partition coefficient (Wildman–Crippen LogP) is 6.13. The van der Waals surface area contributed by atoms with Crippen molar-refractivity contribution in [3.05, 3.63) is 59.4 Å². The Labute approximate surface area is 218 Å². The SMILES string of the molecule is COC(=O)N1c2ccc3c(nc(C(OC)c4ccccc4)n3C3CCCC(C)C3)c2CCC1C.O=CO. The van der Waals surface area contributed by atoms with Crippen molar-refractivity contribution in [1.82, 2.24) is 9.55 Å². The zero-order chi connectivity index (χ0) is 26.5. The van der Waals surface area contributed by atoms with E-state index in [4.69, 9.17) is 24.4 Å². The normalized spacial score (nSPS) is 21.9. The van der Waals surface area contributed by atoms with E-state index in [0.29, 0.717) is 12.0 Å². The quantitative estimate of drug-likeness (QED) is 0.427. The molecule has 0 saturated heterocycles. The van der Waals surface area contributed by atoms with Gasteiger partial charge in [0.15, 0.2) is 0 Å². The van der Waals surface area contributed by atoms with Crippen molar-refractivity contribution in [2.45, 2.75) is 70.6 Å². The first kappa shape index (κ1) is 26.7. The van der Waals surface area contributed by atoms with Crippen LogP contribution in [-0.4, -0.2) is 47.5 Å². The fourth-order valence-corrected chi connectivity index (χ4v) is 6.02. The van der Waals surface area contributed by atoms with Crippen molar-refractivity contribution >= 4 is 29.3 Å². The highest BCUT2D eigenvalue weighted by Gasteiger charge is 2.34. The van der Waals surface area contributed by atoms with Crippen molar-refractivity contribution in [2.75, 3.05) is 19.1 Å². The van der Waals surface area contributed by atoms with E-state index >= 15 is 0 Å². The molecule has 4 unspecified atom stereocenters. The average molecular weight is 508 g/mol. The van der Waals surface area contributed by atoms with E-state index in [1.54, 1.807) is 12.0 Å². The van der Waals surface area contributed by atoms with Gasteiger partial charge >= 0.3 is 6.09 Å². The molecular formula is C29H37N3O5. The molecule has 2 heterocycles. The molecule has 5 rings (SSSR count). The minimum atomic E-state index is -0.312. The molecule has 1 N–H and O–H groups in total. The number of aromatic nitrogens is 2. The molecule has 2 aromatic carbocycles. The number of carboxylic acid groups (broad SMARTS) is 1. The number of anilines is 1. The summed E-state index contributed by atoms with van der Waals surface area (Å²) in [6.07, 6.45) is 6.02. The monoisotopic (exact) mass is 507 g/mol. The summed E-state index contributed by atoms with van der Waals surface area (Å²) in [5.74, 6) is 1.65. The second kappa shape index (κ2) is 11.8. The summed E-state index contributed by atoms with van der Waals surface area (Å²) in [6, 6.07) is 15.1. The number of nitrogens with zero attached hydrogens (tertiary/aromatic N) is 3. The number of aryl methyl sites for hydroxylation is 1. The zero-order valence-corrected chi connectivity index (χ0v) is 22.1. The zero-order valence-electron chi connectivity index (χ0n) is 22.1. The molecule has 0 spiro atoms. The number of imidazole rings is 1. The number of hydrogen-bond acceptors (Lipinski definition) is 5. The summed E-state index contributed by atoms with van der Waals surface area (Å²) in [4.78, 5) is 28.1. The fraction of sp³-hybridized carbons (Fsp3) is 0.483. The number of fused-ring (bicyclic) bond motifs is 3. The first-order chi connectivity index (χ1) is 17.9. The Bertz CT molecular complexity index is 1230. The minimum absolute atomic E-state index is 0.0918. The molecule has 8 nitrogen and oxygen atoms in total. The van der Waals surface area contributed by atoms with E-state index in [-0.39, 0.29) is 24.7 Å². The molecule has 1 aliphatic heterocycles. The minimum Gasteiger partial charge on any atom is -0.483 e. The standard InChI is InChI=1S/C28H35N3O3.CH2O2/c1-18-9-8-12-21(17-18)31-24-16-15-23-22(14-13-19(2)30(23)28(32)34-4)25(24)29-27(31)26(33-3)20-10-6-5-7-11-20;2-1-3/h5-7,10-11,15-16,18-19,21,26H,8-9,12-14,17H2,1-4H3;1H,(H,2,3). The molecule has 1 aromatic heterocycles. The third-order valence-corrected chi connectivity index (χ3v) is 7.70. The second-order valence-electron chi connectivity index (χ2n) is 10.1. The number of carbonyl (C=O) groups excluding carboxylic acids is 1. The van der Waals surface area contributed by atoms with Crippen LogP contribution in [-0.2, 0) is 20.7 Å². The fourth-order valence-electron chi connectivity index (χ4n) is 6.02. The molecule has 1 amide bonds. The largest absolute Gasteiger partial charge is 0.483 e. The van der Waals surface area contributed by atoms with Gasteiger partial charge in [0, 0.05) is 24.8 Å². The number of carbonyl (C=O) groups is 2. The topological polar surface area (TPSA) is 93.9 Å². The van der Waals surface area contributed by atoms with Crippen LogP contribution in [0.1, 0.15) is 75.0 Å². The Hall–Kier alpha value is -3.39. The number of benzene rings is 2. The van der Waals surface area contributed by atoms with Crippen LogP contribution in [0.15, 0.2) is 42.5 Å². The molecule has 1 fully saturated rings. The van der Waals surface area contributed by atoms with E-state index in [9.17, 15) is 4.79 Å². The first-order valence-corrected chi connectivity index (χ1v) is 13.0. The van der Waals surface area contributed by atoms with Crippen LogP contribution in [0.5, 0.6) is 0 Å². The Balaban J connectivity index is 0.00000102. The van der Waals surface area contributed by atoms with Gasteiger partial charge in [0.2, 0.25) is 0 Å². The smallest absolute Gasteiger partial charge is 0.414 e. The van der Waals surface area contributed by atoms with Crippen LogP contribution in [0.4, 0.5) is 10.5 Å². The molecule has 2 aliphatic rings. The van der Waals surface area contributed by atoms with Crippen LogP contribution in [0.3, 0.4) is 0 Å². The number of hydrogen-bond donors (Lipinski definition) is 1. The molecule has 198 valence electrons. The van der Waals surface area contributed by atoms with Crippen LogP contribution < -0.4 is 4.90 Å². The Morgan fingerprint density at radius 2 is 1.84 bits per heavy atom. The maximum Gasteiger partial charge on any atom is 0.414 e. The van der Waals surface area contributed by atoms with Gasteiger partial charge in [0.05, 0.1) is 23.8 Å². The highest BCUT2D eigenvalue weighted by Crippen LogP contribution is 2.42. The van der Waals surface area contributed by atoms with Gasteiger partial charge in [0.1, 0.15) is 11.9 Å². The van der Waals surface area contributed by atoms with E-state index in [1.807, 2.05) is 6.07 Å². The van der Waals surface area contributed by atoms with E-state index in [1.165, 1.54) is 20.0 Å². The van der Waals surface area contributed by atoms with Crippen molar-refractivity contribution in [3.63, 3.8) is 0 Å². The lowest BCUT2D eigenvalue weighted by molar-refractivity contribution is -0.122. The van der Waals surface area contributed by atoms with Crippen molar-refractivity contribution in [1.29, 1.82) is 0 Å². The van der Waals surface area contributed by atoms with E-state index in [0.717, 1.165) is 59.4 Å². The molecule has 0 radical (unpaired) electrons. The van der Waals surface area contributed by atoms with Crippen LogP contribution >= 0.6 is 0 Å². The van der Waals surface area contributed by atoms with Gasteiger partial charge in [-0.3, -0.25) is 9.69 Å². The Morgan fingerprint density at radius 3 is 2.49 bits per heavy atom. The average Bonchev–Trinajstić information content (AvgIpc) is 3.29. The number of methoxy groups -OCH3 is 2. The maximum atomic E-state index is 12.6. The molecule has 8 heteroatoms. The molecule has 4 atom stereocenters. The lowest BCUT2D eigenvalue weighted by Crippen LogP contribution is -2.42. The van der Waals surface area contributed by atoms with Crippen LogP contribution in [0.25, 0.3) is 11.0 Å². The molecule has 1 aliphatic carbocycles. The number of rotatable bonds is 4. The summed E-state index contributed by atoms with van der Waals surface area (Å²) in [5, 5.41) is 6.89. The number of amides is 1. The molecular weight excluding hydrogens is 470 g/mol. The summed E-state index contributed by atoms with van der Waals surface area (Å²) < 4.78 is 13.7. The van der Waals surface area contributed by atoms with Gasteiger partial charge < -0.3 is 19.1 Å². The molecule has 3 aromatic rings. The summed E-state index contributed by atoms with van der Waals surface area (Å²) in [7, 11) is 3.21. The van der Waals surface area contributed by atoms with E-state index in [2.05, 4.69) is 54.8 Å². The second-order valence-corrected chi connectivity index (χ2v) is 10.1. The lowest BCUT2D eigenvalue weighted by Gasteiger charge is -2.34. The molecule has 1 saturated carbocycles. The van der Waals surface area contributed by atoms with Gasteiger partial charge in [-0.2, -0.15) is 0 Å². The third kappa shape index (κ3) is 5.21. The predicted molar refractivity (Wildman–Crippen MR) is 143 cm³/mol. The van der Waals surface area contributed by atoms with Gasteiger partial charge in [-0.05, 0) is 56.2 Å². The van der Waals surface area contributed by atoms with Crippen LogP contribution in [0.2, 0.25) is 0 Å². The molecule has 37 heavy (non-hydrogen) atoms. The van der Waals surface area contributed by atoms with Gasteiger partial charge in [-0.15, -0.1) is 0 Å².